The highest BCUT2D eigenvalue weighted by atomic mass is 19.1. The smallest absolute Gasteiger partial charge is 0.251 e. The Bertz CT molecular complexity index is 1060. The molecule has 1 saturated heterocycles. The van der Waals surface area contributed by atoms with Gasteiger partial charge in [0, 0.05) is 29.3 Å². The van der Waals surface area contributed by atoms with Gasteiger partial charge >= 0.3 is 0 Å². The molecule has 6 nitrogen and oxygen atoms in total. The second-order valence-electron chi connectivity index (χ2n) is 8.82. The van der Waals surface area contributed by atoms with Gasteiger partial charge in [-0.2, -0.15) is 0 Å². The second-order valence-corrected chi connectivity index (χ2v) is 8.82. The number of aryl methyl sites for hydroxylation is 1. The van der Waals surface area contributed by atoms with Crippen molar-refractivity contribution in [1.82, 2.24) is 19.5 Å². The lowest BCUT2D eigenvalue weighted by molar-refractivity contribution is 0.100. The molecule has 3 heterocycles. The van der Waals surface area contributed by atoms with Crippen LogP contribution in [0.1, 0.15) is 55.2 Å². The molecular formula is C21H28FN5O. The summed E-state index contributed by atoms with van der Waals surface area (Å²) in [5.41, 5.74) is 9.56. The Morgan fingerprint density at radius 1 is 1.36 bits per heavy atom. The molecule has 1 aliphatic rings. The molecule has 2 aromatic heterocycles. The van der Waals surface area contributed by atoms with E-state index in [2.05, 4.69) is 30.8 Å². The van der Waals surface area contributed by atoms with Crippen molar-refractivity contribution in [1.29, 1.82) is 0 Å². The number of hydrogen-bond donors (Lipinski definition) is 2. The zero-order valence-electron chi connectivity index (χ0n) is 17.0. The predicted octanol–water partition coefficient (Wildman–Crippen LogP) is 3.37. The van der Waals surface area contributed by atoms with Gasteiger partial charge in [-0.15, -0.1) is 0 Å². The van der Waals surface area contributed by atoms with Crippen LogP contribution in [-0.2, 0) is 5.41 Å². The summed E-state index contributed by atoms with van der Waals surface area (Å²) < 4.78 is 15.8. The van der Waals surface area contributed by atoms with Crippen LogP contribution in [0, 0.1) is 18.7 Å². The topological polar surface area (TPSA) is 79.4 Å². The van der Waals surface area contributed by atoms with Gasteiger partial charge in [0.25, 0.3) is 5.91 Å². The van der Waals surface area contributed by atoms with E-state index in [0.717, 1.165) is 49.4 Å². The van der Waals surface area contributed by atoms with E-state index in [0.29, 0.717) is 17.0 Å². The minimum Gasteiger partial charge on any atom is -0.366 e. The first-order chi connectivity index (χ1) is 13.2. The van der Waals surface area contributed by atoms with Gasteiger partial charge in [0.05, 0.1) is 11.1 Å². The molecule has 0 unspecified atom stereocenters. The molecule has 28 heavy (non-hydrogen) atoms. The Labute approximate surface area is 163 Å². The number of piperidine rings is 1. The van der Waals surface area contributed by atoms with Gasteiger partial charge < -0.3 is 10.6 Å². The standard InChI is InChI=1S/C21H28FN5O/c1-12(2)11-26-7-5-21(4,6-8-26)17-13(3)25-27-18-15(19(23)28)9-14(22)10-16(18)24-20(17)27/h9-10,12,25H,5-8,11H2,1-4H3,(H2,23,28). The van der Waals surface area contributed by atoms with Crippen molar-refractivity contribution in [3.63, 3.8) is 0 Å². The summed E-state index contributed by atoms with van der Waals surface area (Å²) >= 11 is 0. The largest absolute Gasteiger partial charge is 0.366 e. The summed E-state index contributed by atoms with van der Waals surface area (Å²) in [5.74, 6) is -0.508. The average molecular weight is 385 g/mol. The molecule has 0 spiro atoms. The van der Waals surface area contributed by atoms with Crippen molar-refractivity contribution in [3.05, 3.63) is 34.8 Å². The van der Waals surface area contributed by atoms with Crippen LogP contribution in [0.25, 0.3) is 16.7 Å². The number of carbonyl (C=O) groups excluding carboxylic acids is 1. The predicted molar refractivity (Wildman–Crippen MR) is 108 cm³/mol. The summed E-state index contributed by atoms with van der Waals surface area (Å²) in [6.07, 6.45) is 2.07. The quantitative estimate of drug-likeness (QED) is 0.723. The highest BCUT2D eigenvalue weighted by Gasteiger charge is 2.36. The van der Waals surface area contributed by atoms with Gasteiger partial charge in [-0.1, -0.05) is 20.8 Å². The molecule has 0 aliphatic carbocycles. The van der Waals surface area contributed by atoms with E-state index in [1.54, 1.807) is 4.52 Å². The number of imidazole rings is 1. The second kappa shape index (κ2) is 6.58. The Kier molecular flexibility index (Phi) is 4.45. The van der Waals surface area contributed by atoms with Crippen molar-refractivity contribution in [2.75, 3.05) is 19.6 Å². The fraction of sp³-hybridized carbons (Fsp3) is 0.524. The fourth-order valence-electron chi connectivity index (χ4n) is 4.75. The van der Waals surface area contributed by atoms with E-state index in [9.17, 15) is 9.18 Å². The van der Waals surface area contributed by atoms with Crippen LogP contribution in [0.5, 0.6) is 0 Å². The molecule has 7 heteroatoms. The number of rotatable bonds is 4. The van der Waals surface area contributed by atoms with Crippen LogP contribution in [-0.4, -0.2) is 45.0 Å². The lowest BCUT2D eigenvalue weighted by atomic mass is 9.74. The zero-order valence-corrected chi connectivity index (χ0v) is 17.0. The van der Waals surface area contributed by atoms with Crippen LogP contribution in [0.4, 0.5) is 4.39 Å². The summed E-state index contributed by atoms with van der Waals surface area (Å²) in [6.45, 7) is 12.0. The average Bonchev–Trinajstić information content (AvgIpc) is 3.09. The minimum atomic E-state index is -0.659. The number of nitrogens with zero attached hydrogens (tertiary/aromatic N) is 3. The SMILES string of the molecule is Cc1[nH]n2c(nc3cc(F)cc(C(N)=O)c32)c1C1(C)CCN(CC(C)C)CC1. The van der Waals surface area contributed by atoms with Crippen LogP contribution in [0.3, 0.4) is 0 Å². The van der Waals surface area contributed by atoms with Crippen molar-refractivity contribution >= 4 is 22.6 Å². The molecule has 0 atom stereocenters. The Morgan fingerprint density at radius 3 is 2.64 bits per heavy atom. The number of hydrogen-bond acceptors (Lipinski definition) is 3. The van der Waals surface area contributed by atoms with Gasteiger partial charge in [0.1, 0.15) is 11.3 Å². The van der Waals surface area contributed by atoms with Crippen molar-refractivity contribution in [3.8, 4) is 0 Å². The number of halogens is 1. The monoisotopic (exact) mass is 385 g/mol. The minimum absolute atomic E-state index is 0.0222. The highest BCUT2D eigenvalue weighted by molar-refractivity contribution is 6.05. The normalized spacial score (nSPS) is 17.8. The van der Waals surface area contributed by atoms with Crippen LogP contribution in [0.15, 0.2) is 12.1 Å². The lowest BCUT2D eigenvalue weighted by Crippen LogP contribution is -2.42. The maximum absolute atomic E-state index is 14.0. The van der Waals surface area contributed by atoms with Gasteiger partial charge in [-0.25, -0.2) is 13.9 Å². The van der Waals surface area contributed by atoms with Crippen LogP contribution in [0.2, 0.25) is 0 Å². The number of aromatic amines is 1. The number of nitrogens with one attached hydrogen (secondary N) is 1. The number of likely N-dealkylation sites (tertiary alicyclic amines) is 1. The third kappa shape index (κ3) is 2.98. The number of primary amides is 1. The van der Waals surface area contributed by atoms with Gasteiger partial charge in [-0.05, 0) is 44.8 Å². The number of fused-ring (bicyclic) bond motifs is 3. The molecule has 0 bridgehead atoms. The van der Waals surface area contributed by atoms with E-state index in [1.165, 1.54) is 12.1 Å². The first-order valence-electron chi connectivity index (χ1n) is 9.92. The molecule has 150 valence electrons. The Morgan fingerprint density at radius 2 is 2.04 bits per heavy atom. The van der Waals surface area contributed by atoms with Crippen LogP contribution >= 0.6 is 0 Å². The van der Waals surface area contributed by atoms with E-state index >= 15 is 0 Å². The number of nitrogens with two attached hydrogens (primary N) is 1. The van der Waals surface area contributed by atoms with Gasteiger partial charge in [0.15, 0.2) is 5.65 Å². The molecule has 1 amide bonds. The first-order valence-corrected chi connectivity index (χ1v) is 9.92. The van der Waals surface area contributed by atoms with E-state index < -0.39 is 11.7 Å². The first kappa shape index (κ1) is 18.9. The number of aromatic nitrogens is 3. The molecule has 1 aromatic carbocycles. The number of H-pyrrole nitrogens is 1. The Hall–Kier alpha value is -2.41. The van der Waals surface area contributed by atoms with Crippen molar-refractivity contribution < 1.29 is 9.18 Å². The number of carbonyl (C=O) groups is 1. The van der Waals surface area contributed by atoms with E-state index in [-0.39, 0.29) is 11.0 Å². The summed E-state index contributed by atoms with van der Waals surface area (Å²) in [4.78, 5) is 19.1. The third-order valence-electron chi connectivity index (χ3n) is 6.05. The summed E-state index contributed by atoms with van der Waals surface area (Å²) in [5, 5.41) is 3.34. The van der Waals surface area contributed by atoms with E-state index in [1.807, 2.05) is 6.92 Å². The Balaban J connectivity index is 1.81. The highest BCUT2D eigenvalue weighted by Crippen LogP contribution is 2.40. The van der Waals surface area contributed by atoms with Crippen molar-refractivity contribution in [2.24, 2.45) is 11.7 Å². The molecule has 0 radical (unpaired) electrons. The van der Waals surface area contributed by atoms with Crippen LogP contribution < -0.4 is 5.73 Å². The van der Waals surface area contributed by atoms with Gasteiger partial charge in [-0.3, -0.25) is 9.89 Å². The zero-order chi connectivity index (χ0) is 20.2. The lowest BCUT2D eigenvalue weighted by Gasteiger charge is -2.40. The molecule has 1 aliphatic heterocycles. The molecule has 3 aromatic rings. The number of benzene rings is 1. The maximum Gasteiger partial charge on any atom is 0.251 e. The fourth-order valence-corrected chi connectivity index (χ4v) is 4.75. The molecule has 1 fully saturated rings. The molecule has 3 N–H and O–H groups in total. The summed E-state index contributed by atoms with van der Waals surface area (Å²) in [7, 11) is 0. The molecule has 0 saturated carbocycles. The third-order valence-corrected chi connectivity index (χ3v) is 6.05. The van der Waals surface area contributed by atoms with Gasteiger partial charge in [0.2, 0.25) is 0 Å². The maximum atomic E-state index is 14.0. The molecule has 4 rings (SSSR count). The molecular weight excluding hydrogens is 357 g/mol. The number of amides is 1. The van der Waals surface area contributed by atoms with E-state index in [4.69, 9.17) is 10.7 Å². The summed E-state index contributed by atoms with van der Waals surface area (Å²) in [6, 6.07) is 2.54. The van der Waals surface area contributed by atoms with Crippen molar-refractivity contribution in [2.45, 2.75) is 46.0 Å².